The van der Waals surface area contributed by atoms with Gasteiger partial charge in [-0.3, -0.25) is 4.79 Å². The number of rotatable bonds is 4. The second kappa shape index (κ2) is 6.40. The summed E-state index contributed by atoms with van der Waals surface area (Å²) in [6.07, 6.45) is -3.15. The summed E-state index contributed by atoms with van der Waals surface area (Å²) < 4.78 is 30.4. The molecule has 0 aliphatic rings. The lowest BCUT2D eigenvalue weighted by Crippen LogP contribution is -2.12. The number of esters is 1. The second-order valence-corrected chi connectivity index (χ2v) is 3.89. The van der Waals surface area contributed by atoms with E-state index in [2.05, 4.69) is 25.7 Å². The van der Waals surface area contributed by atoms with Crippen molar-refractivity contribution in [2.45, 2.75) is 18.2 Å². The van der Waals surface area contributed by atoms with Crippen molar-refractivity contribution in [1.82, 2.24) is 4.98 Å². The molecule has 0 aliphatic carbocycles. The van der Waals surface area contributed by atoms with Gasteiger partial charge in [-0.15, -0.1) is 0 Å². The summed E-state index contributed by atoms with van der Waals surface area (Å²) in [6.45, 7) is 0. The molecule has 0 aliphatic heterocycles. The minimum atomic E-state index is -2.77. The van der Waals surface area contributed by atoms with Gasteiger partial charge in [0, 0.05) is 10.9 Å². The van der Waals surface area contributed by atoms with Crippen LogP contribution in [0.25, 0.3) is 0 Å². The smallest absolute Gasteiger partial charge is 0.311 e. The Morgan fingerprint density at radius 2 is 2.33 bits per heavy atom. The number of carbonyl (C=O) groups is 1. The molecule has 96 valence electrons. The number of nitriles is 1. The maximum absolute atomic E-state index is 13.0. The van der Waals surface area contributed by atoms with Gasteiger partial charge in [-0.1, -0.05) is 15.9 Å². The standard InChI is InChI=1S/C11H9BrF2N2O2/c1-18-9(17)3-8-10(11(13)14)6(4-12)2-7(5-15)16-8/h2,11H,3-4H2,1H3. The van der Waals surface area contributed by atoms with E-state index in [4.69, 9.17) is 5.26 Å². The van der Waals surface area contributed by atoms with E-state index in [1.54, 1.807) is 6.07 Å². The number of ether oxygens (including phenoxy) is 1. The molecule has 18 heavy (non-hydrogen) atoms. The Bertz CT molecular complexity index is 501. The SMILES string of the molecule is COC(=O)Cc1nc(C#N)cc(CBr)c1C(F)F. The van der Waals surface area contributed by atoms with Gasteiger partial charge in [0.1, 0.15) is 11.8 Å². The zero-order valence-corrected chi connectivity index (χ0v) is 11.0. The Morgan fingerprint density at radius 1 is 1.67 bits per heavy atom. The fraction of sp³-hybridized carbons (Fsp3) is 0.364. The van der Waals surface area contributed by atoms with Crippen LogP contribution in [-0.4, -0.2) is 18.1 Å². The van der Waals surface area contributed by atoms with Crippen molar-refractivity contribution in [3.63, 3.8) is 0 Å². The first-order valence-corrected chi connectivity index (χ1v) is 5.99. The molecule has 1 heterocycles. The van der Waals surface area contributed by atoms with E-state index in [1.165, 1.54) is 6.07 Å². The van der Waals surface area contributed by atoms with E-state index in [9.17, 15) is 13.6 Å². The molecule has 0 unspecified atom stereocenters. The predicted molar refractivity (Wildman–Crippen MR) is 62.3 cm³/mol. The third kappa shape index (κ3) is 3.23. The number of hydrogen-bond acceptors (Lipinski definition) is 4. The second-order valence-electron chi connectivity index (χ2n) is 3.33. The highest BCUT2D eigenvalue weighted by Crippen LogP contribution is 2.28. The zero-order chi connectivity index (χ0) is 13.7. The van der Waals surface area contributed by atoms with Crippen molar-refractivity contribution in [3.05, 3.63) is 28.6 Å². The van der Waals surface area contributed by atoms with Crippen LogP contribution in [0.4, 0.5) is 8.78 Å². The van der Waals surface area contributed by atoms with Gasteiger partial charge in [0.25, 0.3) is 6.43 Å². The van der Waals surface area contributed by atoms with E-state index in [0.29, 0.717) is 0 Å². The topological polar surface area (TPSA) is 63.0 Å². The number of hydrogen-bond donors (Lipinski definition) is 0. The van der Waals surface area contributed by atoms with E-state index in [0.717, 1.165) is 7.11 Å². The summed E-state index contributed by atoms with van der Waals surface area (Å²) in [5.74, 6) is -0.681. The van der Waals surface area contributed by atoms with Crippen LogP contribution in [0.5, 0.6) is 0 Å². The molecule has 0 bridgehead atoms. The van der Waals surface area contributed by atoms with Gasteiger partial charge in [0.2, 0.25) is 0 Å². The maximum atomic E-state index is 13.0. The monoisotopic (exact) mass is 318 g/mol. The highest BCUT2D eigenvalue weighted by atomic mass is 79.9. The number of pyridine rings is 1. The predicted octanol–water partition coefficient (Wildman–Crippen LogP) is 2.50. The lowest BCUT2D eigenvalue weighted by molar-refractivity contribution is -0.139. The summed E-state index contributed by atoms with van der Waals surface area (Å²) in [5, 5.41) is 8.92. The lowest BCUT2D eigenvalue weighted by atomic mass is 10.0. The van der Waals surface area contributed by atoms with Crippen molar-refractivity contribution in [2.75, 3.05) is 7.11 Å². The summed E-state index contributed by atoms with van der Waals surface area (Å²) in [4.78, 5) is 14.9. The number of halogens is 3. The fourth-order valence-electron chi connectivity index (χ4n) is 1.44. The van der Waals surface area contributed by atoms with Crippen molar-refractivity contribution < 1.29 is 18.3 Å². The molecule has 4 nitrogen and oxygen atoms in total. The average molecular weight is 319 g/mol. The number of aromatic nitrogens is 1. The van der Waals surface area contributed by atoms with Crippen molar-refractivity contribution in [2.24, 2.45) is 0 Å². The molecule has 1 aromatic heterocycles. The first-order chi connectivity index (χ1) is 8.53. The van der Waals surface area contributed by atoms with Crippen LogP contribution in [0.1, 0.15) is 28.9 Å². The summed E-state index contributed by atoms with van der Waals surface area (Å²) >= 11 is 3.07. The molecule has 0 saturated carbocycles. The Balaban J connectivity index is 3.35. The number of nitrogens with zero attached hydrogens (tertiary/aromatic N) is 2. The molecule has 0 atom stereocenters. The number of carbonyl (C=O) groups excluding carboxylic acids is 1. The lowest BCUT2D eigenvalue weighted by Gasteiger charge is -2.12. The summed E-state index contributed by atoms with van der Waals surface area (Å²) in [5.41, 5.74) is -0.204. The molecular formula is C11H9BrF2N2O2. The summed E-state index contributed by atoms with van der Waals surface area (Å²) in [7, 11) is 1.16. The molecule has 1 aromatic rings. The molecule has 0 aromatic carbocycles. The Morgan fingerprint density at radius 3 is 2.78 bits per heavy atom. The Hall–Kier alpha value is -1.55. The molecule has 0 fully saturated rings. The van der Waals surface area contributed by atoms with Crippen molar-refractivity contribution >= 4 is 21.9 Å². The molecule has 7 heteroatoms. The fourth-order valence-corrected chi connectivity index (χ4v) is 1.91. The third-order valence-electron chi connectivity index (χ3n) is 2.24. The van der Waals surface area contributed by atoms with Gasteiger partial charge in [-0.25, -0.2) is 13.8 Å². The molecule has 0 saturated heterocycles. The van der Waals surface area contributed by atoms with Crippen molar-refractivity contribution in [3.8, 4) is 6.07 Å². The van der Waals surface area contributed by atoms with E-state index < -0.39 is 12.4 Å². The molecule has 1 rings (SSSR count). The highest BCUT2D eigenvalue weighted by Gasteiger charge is 2.22. The molecule has 0 spiro atoms. The average Bonchev–Trinajstić information content (AvgIpc) is 2.36. The van der Waals surface area contributed by atoms with Crippen LogP contribution in [0.2, 0.25) is 0 Å². The van der Waals surface area contributed by atoms with Gasteiger partial charge in [0.05, 0.1) is 19.2 Å². The van der Waals surface area contributed by atoms with Gasteiger partial charge >= 0.3 is 5.97 Å². The number of methoxy groups -OCH3 is 1. The quantitative estimate of drug-likeness (QED) is 0.632. The maximum Gasteiger partial charge on any atom is 0.311 e. The number of alkyl halides is 3. The molecular weight excluding hydrogens is 310 g/mol. The van der Waals surface area contributed by atoms with Crippen LogP contribution >= 0.6 is 15.9 Å². The first-order valence-electron chi connectivity index (χ1n) is 4.87. The summed E-state index contributed by atoms with van der Waals surface area (Å²) in [6, 6.07) is 3.05. The largest absolute Gasteiger partial charge is 0.469 e. The minimum absolute atomic E-state index is 0.00671. The first kappa shape index (κ1) is 14.5. The van der Waals surface area contributed by atoms with Gasteiger partial charge in [-0.2, -0.15) is 5.26 Å². The van der Waals surface area contributed by atoms with Crippen LogP contribution in [-0.2, 0) is 21.3 Å². The van der Waals surface area contributed by atoms with Crippen LogP contribution < -0.4 is 0 Å². The van der Waals surface area contributed by atoms with E-state index in [1.807, 2.05) is 0 Å². The Labute approximate surface area is 111 Å². The van der Waals surface area contributed by atoms with Crippen molar-refractivity contribution in [1.29, 1.82) is 5.26 Å². The molecule has 0 amide bonds. The Kier molecular flexibility index (Phi) is 5.16. The van der Waals surface area contributed by atoms with Crippen LogP contribution in [0.15, 0.2) is 6.07 Å². The molecule has 0 radical (unpaired) electrons. The van der Waals surface area contributed by atoms with Gasteiger partial charge < -0.3 is 4.74 Å². The zero-order valence-electron chi connectivity index (χ0n) is 9.41. The highest BCUT2D eigenvalue weighted by molar-refractivity contribution is 9.08. The van der Waals surface area contributed by atoms with Crippen LogP contribution in [0.3, 0.4) is 0 Å². The third-order valence-corrected chi connectivity index (χ3v) is 2.84. The van der Waals surface area contributed by atoms with Crippen LogP contribution in [0, 0.1) is 11.3 Å². The molecule has 0 N–H and O–H groups in total. The minimum Gasteiger partial charge on any atom is -0.469 e. The van der Waals surface area contributed by atoms with Gasteiger partial charge in [0.15, 0.2) is 0 Å². The van der Waals surface area contributed by atoms with E-state index >= 15 is 0 Å². The van der Waals surface area contributed by atoms with Gasteiger partial charge in [-0.05, 0) is 11.6 Å². The van der Waals surface area contributed by atoms with E-state index in [-0.39, 0.29) is 34.3 Å². The normalized spacial score (nSPS) is 10.2.